The molecule has 0 radical (unpaired) electrons. The van der Waals surface area contributed by atoms with E-state index in [1.807, 2.05) is 6.07 Å². The number of aromatic nitrogens is 2. The number of phenols is 1. The van der Waals surface area contributed by atoms with Crippen LogP contribution in [-0.2, 0) is 11.3 Å². The number of aromatic hydroxyl groups is 1. The predicted octanol–water partition coefficient (Wildman–Crippen LogP) is 4.77. The van der Waals surface area contributed by atoms with E-state index in [0.717, 1.165) is 30.5 Å². The monoisotopic (exact) mass is 436 g/mol. The highest BCUT2D eigenvalue weighted by atomic mass is 19.1. The molecule has 32 heavy (non-hydrogen) atoms. The Hall–Kier alpha value is -3.68. The summed E-state index contributed by atoms with van der Waals surface area (Å²) in [5.41, 5.74) is 2.99. The number of nitrogens with zero attached hydrogens (tertiary/aromatic N) is 2. The molecular weight excluding hydrogens is 411 g/mol. The molecule has 8 heteroatoms. The standard InChI is InChI=1S/C24H25FN4O3/c1-2-23(31)27-18-10-11-22(30)19(12-18)20-13-21(16-4-3-5-16)29(28-20)24(32)26-14-15-6-8-17(25)9-7-15/h6-13,16,30H,2-5,14H2,1H3,(H,26,32)(H,27,31). The summed E-state index contributed by atoms with van der Waals surface area (Å²) >= 11 is 0. The van der Waals surface area contributed by atoms with Crippen LogP contribution >= 0.6 is 0 Å². The van der Waals surface area contributed by atoms with E-state index in [0.29, 0.717) is 23.4 Å². The highest BCUT2D eigenvalue weighted by Crippen LogP contribution is 2.39. The highest BCUT2D eigenvalue weighted by Gasteiger charge is 2.27. The SMILES string of the molecule is CCC(=O)Nc1ccc(O)c(-c2cc(C3CCC3)n(C(=O)NCc3ccc(F)cc3)n2)c1. The fraction of sp³-hybridized carbons (Fsp3) is 0.292. The van der Waals surface area contributed by atoms with Crippen molar-refractivity contribution in [2.45, 2.75) is 45.1 Å². The summed E-state index contributed by atoms with van der Waals surface area (Å²) in [7, 11) is 0. The van der Waals surface area contributed by atoms with E-state index >= 15 is 0 Å². The molecule has 3 aromatic rings. The minimum absolute atomic E-state index is 0.0102. The van der Waals surface area contributed by atoms with Crippen LogP contribution in [0.15, 0.2) is 48.5 Å². The lowest BCUT2D eigenvalue weighted by Crippen LogP contribution is -2.31. The number of hydrogen-bond acceptors (Lipinski definition) is 4. The lowest BCUT2D eigenvalue weighted by molar-refractivity contribution is -0.115. The van der Waals surface area contributed by atoms with Crippen LogP contribution in [0.1, 0.15) is 49.8 Å². The van der Waals surface area contributed by atoms with E-state index in [9.17, 15) is 19.1 Å². The fourth-order valence-electron chi connectivity index (χ4n) is 3.61. The van der Waals surface area contributed by atoms with Crippen molar-refractivity contribution in [3.8, 4) is 17.0 Å². The Morgan fingerprint density at radius 2 is 1.91 bits per heavy atom. The average Bonchev–Trinajstić information content (AvgIpc) is 3.17. The molecular formula is C24H25FN4O3. The van der Waals surface area contributed by atoms with Gasteiger partial charge in [-0.2, -0.15) is 9.78 Å². The lowest BCUT2D eigenvalue weighted by Gasteiger charge is -2.25. The first-order valence-corrected chi connectivity index (χ1v) is 10.7. The van der Waals surface area contributed by atoms with Crippen LogP contribution in [-0.4, -0.2) is 26.8 Å². The topological polar surface area (TPSA) is 96.2 Å². The number of carbonyl (C=O) groups excluding carboxylic acids is 2. The van der Waals surface area contributed by atoms with Crippen molar-refractivity contribution in [3.05, 3.63) is 65.6 Å². The van der Waals surface area contributed by atoms with Gasteiger partial charge in [-0.05, 0) is 54.8 Å². The molecule has 1 aromatic heterocycles. The molecule has 2 amide bonds. The number of rotatable bonds is 6. The molecule has 1 saturated carbocycles. The summed E-state index contributed by atoms with van der Waals surface area (Å²) in [5, 5.41) is 20.5. The Balaban J connectivity index is 1.61. The maximum atomic E-state index is 13.1. The second kappa shape index (κ2) is 9.21. The van der Waals surface area contributed by atoms with E-state index in [1.54, 1.807) is 31.2 Å². The summed E-state index contributed by atoms with van der Waals surface area (Å²) in [4.78, 5) is 24.7. The number of amides is 2. The van der Waals surface area contributed by atoms with Gasteiger partial charge in [0, 0.05) is 30.1 Å². The minimum atomic E-state index is -0.391. The van der Waals surface area contributed by atoms with Crippen molar-refractivity contribution in [1.82, 2.24) is 15.1 Å². The van der Waals surface area contributed by atoms with Crippen LogP contribution in [0.5, 0.6) is 5.75 Å². The van der Waals surface area contributed by atoms with Crippen LogP contribution in [0.4, 0.5) is 14.9 Å². The Morgan fingerprint density at radius 3 is 2.56 bits per heavy atom. The van der Waals surface area contributed by atoms with E-state index in [1.165, 1.54) is 22.9 Å². The normalized spacial score (nSPS) is 13.4. The first kappa shape index (κ1) is 21.5. The number of anilines is 1. The van der Waals surface area contributed by atoms with Gasteiger partial charge in [0.25, 0.3) is 0 Å². The number of hydrogen-bond donors (Lipinski definition) is 3. The fourth-order valence-corrected chi connectivity index (χ4v) is 3.61. The van der Waals surface area contributed by atoms with Gasteiger partial charge in [0.2, 0.25) is 5.91 Å². The van der Waals surface area contributed by atoms with E-state index in [-0.39, 0.29) is 29.9 Å². The highest BCUT2D eigenvalue weighted by molar-refractivity contribution is 5.91. The first-order chi connectivity index (χ1) is 15.4. The predicted molar refractivity (Wildman–Crippen MR) is 119 cm³/mol. The smallest absolute Gasteiger partial charge is 0.342 e. The molecule has 0 spiro atoms. The average molecular weight is 436 g/mol. The van der Waals surface area contributed by atoms with Gasteiger partial charge in [0.05, 0.1) is 11.4 Å². The van der Waals surface area contributed by atoms with Crippen molar-refractivity contribution in [3.63, 3.8) is 0 Å². The Kier molecular flexibility index (Phi) is 6.20. The minimum Gasteiger partial charge on any atom is -0.507 e. The van der Waals surface area contributed by atoms with E-state index < -0.39 is 6.03 Å². The summed E-state index contributed by atoms with van der Waals surface area (Å²) < 4.78 is 14.5. The Labute approximate surface area is 185 Å². The number of nitrogens with one attached hydrogen (secondary N) is 2. The molecule has 0 aliphatic heterocycles. The molecule has 7 nitrogen and oxygen atoms in total. The molecule has 1 aliphatic carbocycles. The number of carbonyl (C=O) groups is 2. The maximum Gasteiger partial charge on any atom is 0.342 e. The third-order valence-corrected chi connectivity index (χ3v) is 5.69. The molecule has 0 saturated heterocycles. The zero-order chi connectivity index (χ0) is 22.7. The van der Waals surface area contributed by atoms with Crippen LogP contribution in [0.25, 0.3) is 11.3 Å². The molecule has 0 unspecified atom stereocenters. The third kappa shape index (κ3) is 4.64. The van der Waals surface area contributed by atoms with Crippen molar-refractivity contribution >= 4 is 17.6 Å². The number of benzene rings is 2. The van der Waals surface area contributed by atoms with Crippen molar-refractivity contribution < 1.29 is 19.1 Å². The zero-order valence-electron chi connectivity index (χ0n) is 17.8. The molecule has 1 aliphatic rings. The van der Waals surface area contributed by atoms with Gasteiger partial charge in [-0.15, -0.1) is 0 Å². The molecule has 2 aromatic carbocycles. The maximum absolute atomic E-state index is 13.1. The van der Waals surface area contributed by atoms with Crippen molar-refractivity contribution in [2.24, 2.45) is 0 Å². The molecule has 1 fully saturated rings. The number of phenolic OH excluding ortho intramolecular Hbond substituents is 1. The third-order valence-electron chi connectivity index (χ3n) is 5.69. The number of halogens is 1. The Morgan fingerprint density at radius 1 is 1.16 bits per heavy atom. The molecule has 3 N–H and O–H groups in total. The first-order valence-electron chi connectivity index (χ1n) is 10.7. The van der Waals surface area contributed by atoms with Crippen LogP contribution in [0.2, 0.25) is 0 Å². The van der Waals surface area contributed by atoms with Gasteiger partial charge in [-0.25, -0.2) is 9.18 Å². The van der Waals surface area contributed by atoms with E-state index in [2.05, 4.69) is 15.7 Å². The largest absolute Gasteiger partial charge is 0.507 e. The van der Waals surface area contributed by atoms with Gasteiger partial charge in [-0.1, -0.05) is 25.5 Å². The van der Waals surface area contributed by atoms with Gasteiger partial charge < -0.3 is 15.7 Å². The quantitative estimate of drug-likeness (QED) is 0.485. The zero-order valence-corrected chi connectivity index (χ0v) is 17.8. The molecule has 166 valence electrons. The second-order valence-corrected chi connectivity index (χ2v) is 7.91. The van der Waals surface area contributed by atoms with Gasteiger partial charge in [-0.3, -0.25) is 4.79 Å². The molecule has 4 rings (SSSR count). The van der Waals surface area contributed by atoms with Crippen molar-refractivity contribution in [2.75, 3.05) is 5.32 Å². The Bertz CT molecular complexity index is 1140. The van der Waals surface area contributed by atoms with Gasteiger partial charge in [0.1, 0.15) is 11.6 Å². The van der Waals surface area contributed by atoms with Gasteiger partial charge in [0.15, 0.2) is 0 Å². The molecule has 0 bridgehead atoms. The van der Waals surface area contributed by atoms with Crippen LogP contribution in [0.3, 0.4) is 0 Å². The summed E-state index contributed by atoms with van der Waals surface area (Å²) in [6.07, 6.45) is 3.36. The van der Waals surface area contributed by atoms with Crippen LogP contribution < -0.4 is 10.6 Å². The van der Waals surface area contributed by atoms with Crippen molar-refractivity contribution in [1.29, 1.82) is 0 Å². The van der Waals surface area contributed by atoms with Crippen LogP contribution in [0, 0.1) is 5.82 Å². The van der Waals surface area contributed by atoms with Gasteiger partial charge >= 0.3 is 6.03 Å². The summed E-state index contributed by atoms with van der Waals surface area (Å²) in [5.74, 6) is -0.238. The lowest BCUT2D eigenvalue weighted by atomic mass is 9.82. The summed E-state index contributed by atoms with van der Waals surface area (Å²) in [6, 6.07) is 12.1. The summed E-state index contributed by atoms with van der Waals surface area (Å²) in [6.45, 7) is 2.00. The molecule has 0 atom stereocenters. The molecule has 1 heterocycles. The second-order valence-electron chi connectivity index (χ2n) is 7.91. The van der Waals surface area contributed by atoms with E-state index in [4.69, 9.17) is 0 Å².